The van der Waals surface area contributed by atoms with Crippen molar-refractivity contribution in [2.24, 2.45) is 7.05 Å². The molecule has 0 unspecified atom stereocenters. The first-order chi connectivity index (χ1) is 15.2. The third-order valence-electron chi connectivity index (χ3n) is 5.55. The van der Waals surface area contributed by atoms with Crippen molar-refractivity contribution in [2.75, 3.05) is 13.1 Å². The number of aromatic nitrogens is 2. The van der Waals surface area contributed by atoms with Crippen LogP contribution in [-0.2, 0) is 11.8 Å². The lowest BCUT2D eigenvalue weighted by Crippen LogP contribution is -2.44. The third kappa shape index (κ3) is 4.77. The first-order valence-corrected chi connectivity index (χ1v) is 10.9. The number of amides is 1. The Balaban J connectivity index is 1.43. The van der Waals surface area contributed by atoms with Crippen molar-refractivity contribution in [3.63, 3.8) is 0 Å². The largest absolute Gasteiger partial charge is 0.490 e. The lowest BCUT2D eigenvalue weighted by molar-refractivity contribution is 0.0126. The van der Waals surface area contributed by atoms with Gasteiger partial charge in [-0.3, -0.25) is 9.78 Å². The van der Waals surface area contributed by atoms with Crippen LogP contribution in [0, 0.1) is 0 Å². The number of pyridine rings is 2. The summed E-state index contributed by atoms with van der Waals surface area (Å²) in [5.74, 6) is 0.792. The Morgan fingerprint density at radius 3 is 2.41 bits per heavy atom. The summed E-state index contributed by atoms with van der Waals surface area (Å²) in [6, 6.07) is 9.78. The minimum atomic E-state index is -0.487. The van der Waals surface area contributed by atoms with E-state index in [0.717, 1.165) is 35.1 Å². The normalized spacial score (nSPS) is 15.1. The van der Waals surface area contributed by atoms with E-state index in [1.807, 2.05) is 57.3 Å². The smallest absolute Gasteiger partial charge is 0.410 e. The minimum Gasteiger partial charge on any atom is -0.490 e. The molecule has 0 spiro atoms. The van der Waals surface area contributed by atoms with Crippen LogP contribution in [0.5, 0.6) is 5.75 Å². The molecule has 7 nitrogen and oxygen atoms in total. The molecule has 0 N–H and O–H groups in total. The summed E-state index contributed by atoms with van der Waals surface area (Å²) < 4.78 is 13.2. The first kappa shape index (κ1) is 21.9. The average Bonchev–Trinajstić information content (AvgIpc) is 2.76. The number of nitrogens with zero attached hydrogens (tertiary/aromatic N) is 3. The predicted octanol–water partition coefficient (Wildman–Crippen LogP) is 4.38. The highest BCUT2D eigenvalue weighted by Gasteiger charge is 2.27. The summed E-state index contributed by atoms with van der Waals surface area (Å²) in [5.41, 5.74) is 1.43. The van der Waals surface area contributed by atoms with Gasteiger partial charge in [0.2, 0.25) is 0 Å². The van der Waals surface area contributed by atoms with E-state index in [1.165, 1.54) is 0 Å². The molecule has 0 radical (unpaired) electrons. The molecule has 1 aromatic carbocycles. The van der Waals surface area contributed by atoms with Gasteiger partial charge in [0.15, 0.2) is 0 Å². The zero-order valence-electron chi connectivity index (χ0n) is 19.0. The predicted molar refractivity (Wildman–Crippen MR) is 124 cm³/mol. The van der Waals surface area contributed by atoms with E-state index in [2.05, 4.69) is 4.98 Å². The number of ether oxygens (including phenoxy) is 2. The fourth-order valence-corrected chi connectivity index (χ4v) is 3.93. The quantitative estimate of drug-likeness (QED) is 0.610. The van der Waals surface area contributed by atoms with Crippen LogP contribution in [0.3, 0.4) is 0 Å². The molecule has 1 aliphatic heterocycles. The molecule has 168 valence electrons. The van der Waals surface area contributed by atoms with Crippen LogP contribution in [0.15, 0.2) is 53.7 Å². The number of hydrogen-bond acceptors (Lipinski definition) is 5. The molecule has 3 heterocycles. The second-order valence-corrected chi connectivity index (χ2v) is 9.19. The number of rotatable bonds is 3. The molecule has 32 heavy (non-hydrogen) atoms. The SMILES string of the molecule is Cn1cc(-c2ccc(OC3CCN(C(=O)OC(C)(C)C)CC3)cc2)c2ccncc2c1=O. The average molecular weight is 436 g/mol. The van der Waals surface area contributed by atoms with Gasteiger partial charge in [-0.25, -0.2) is 4.79 Å². The maximum Gasteiger partial charge on any atom is 0.410 e. The Morgan fingerprint density at radius 2 is 1.75 bits per heavy atom. The van der Waals surface area contributed by atoms with Crippen molar-refractivity contribution >= 4 is 16.9 Å². The maximum atomic E-state index is 12.4. The molecular weight excluding hydrogens is 406 g/mol. The standard InChI is InChI=1S/C25H29N3O4/c1-25(2,3)32-24(30)28-13-10-19(11-14-28)31-18-7-5-17(6-8-18)22-16-27(4)23(29)21-15-26-12-9-20(21)22/h5-9,12,15-16,19H,10-11,13-14H2,1-4H3. The Morgan fingerprint density at radius 1 is 1.06 bits per heavy atom. The van der Waals surface area contributed by atoms with Gasteiger partial charge in [0.25, 0.3) is 5.56 Å². The Hall–Kier alpha value is -3.35. The highest BCUT2D eigenvalue weighted by Crippen LogP contribution is 2.29. The van der Waals surface area contributed by atoms with Gasteiger partial charge in [0, 0.05) is 57.1 Å². The van der Waals surface area contributed by atoms with Crippen LogP contribution in [-0.4, -0.2) is 45.3 Å². The number of fused-ring (bicyclic) bond motifs is 1. The number of aryl methyl sites for hydroxylation is 1. The summed E-state index contributed by atoms with van der Waals surface area (Å²) in [6.07, 6.45) is 6.49. The van der Waals surface area contributed by atoms with Crippen LogP contribution < -0.4 is 10.3 Å². The minimum absolute atomic E-state index is 0.0592. The van der Waals surface area contributed by atoms with E-state index in [4.69, 9.17) is 9.47 Å². The van der Waals surface area contributed by atoms with E-state index in [9.17, 15) is 9.59 Å². The Kier molecular flexibility index (Phi) is 5.91. The Labute approximate surface area is 187 Å². The van der Waals surface area contributed by atoms with Crippen molar-refractivity contribution in [1.29, 1.82) is 0 Å². The number of benzene rings is 1. The third-order valence-corrected chi connectivity index (χ3v) is 5.55. The van der Waals surface area contributed by atoms with E-state index in [-0.39, 0.29) is 17.8 Å². The highest BCUT2D eigenvalue weighted by atomic mass is 16.6. The van der Waals surface area contributed by atoms with Gasteiger partial charge in [0.1, 0.15) is 17.5 Å². The lowest BCUT2D eigenvalue weighted by Gasteiger charge is -2.33. The zero-order chi connectivity index (χ0) is 22.9. The van der Waals surface area contributed by atoms with Crippen molar-refractivity contribution in [2.45, 2.75) is 45.3 Å². The topological polar surface area (TPSA) is 73.7 Å². The van der Waals surface area contributed by atoms with Gasteiger partial charge < -0.3 is 18.9 Å². The second kappa shape index (κ2) is 8.65. The number of hydrogen-bond donors (Lipinski definition) is 0. The van der Waals surface area contributed by atoms with Crippen LogP contribution in [0.4, 0.5) is 4.79 Å². The number of carbonyl (C=O) groups excluding carboxylic acids is 1. The maximum absolute atomic E-state index is 12.4. The molecule has 0 atom stereocenters. The summed E-state index contributed by atoms with van der Waals surface area (Å²) >= 11 is 0. The number of likely N-dealkylation sites (tertiary alicyclic amines) is 1. The molecule has 0 saturated carbocycles. The fraction of sp³-hybridized carbons (Fsp3) is 0.400. The second-order valence-electron chi connectivity index (χ2n) is 9.19. The van der Waals surface area contributed by atoms with Crippen molar-refractivity contribution in [1.82, 2.24) is 14.5 Å². The summed E-state index contributed by atoms with van der Waals surface area (Å²) in [6.45, 7) is 6.86. The molecular formula is C25H29N3O4. The van der Waals surface area contributed by atoms with Gasteiger partial charge in [0.05, 0.1) is 5.39 Å². The Bertz CT molecular complexity index is 1170. The molecule has 4 rings (SSSR count). The van der Waals surface area contributed by atoms with E-state index in [0.29, 0.717) is 18.5 Å². The van der Waals surface area contributed by atoms with Crippen molar-refractivity contribution in [3.8, 4) is 16.9 Å². The lowest BCUT2D eigenvalue weighted by atomic mass is 10.0. The van der Waals surface area contributed by atoms with Gasteiger partial charge in [-0.1, -0.05) is 12.1 Å². The van der Waals surface area contributed by atoms with Crippen LogP contribution in [0.1, 0.15) is 33.6 Å². The number of carbonyl (C=O) groups is 1. The van der Waals surface area contributed by atoms with Crippen LogP contribution in [0.25, 0.3) is 21.9 Å². The van der Waals surface area contributed by atoms with Crippen molar-refractivity contribution < 1.29 is 14.3 Å². The molecule has 1 aliphatic rings. The van der Waals surface area contributed by atoms with Crippen LogP contribution in [0.2, 0.25) is 0 Å². The highest BCUT2D eigenvalue weighted by molar-refractivity contribution is 5.95. The molecule has 1 fully saturated rings. The van der Waals surface area contributed by atoms with Gasteiger partial charge >= 0.3 is 6.09 Å². The fourth-order valence-electron chi connectivity index (χ4n) is 3.93. The van der Waals surface area contributed by atoms with E-state index < -0.39 is 5.60 Å². The number of piperidine rings is 1. The van der Waals surface area contributed by atoms with Gasteiger partial charge in [-0.15, -0.1) is 0 Å². The monoisotopic (exact) mass is 435 g/mol. The molecule has 1 amide bonds. The van der Waals surface area contributed by atoms with Crippen molar-refractivity contribution in [3.05, 3.63) is 59.3 Å². The van der Waals surface area contributed by atoms with E-state index >= 15 is 0 Å². The van der Waals surface area contributed by atoms with Crippen LogP contribution >= 0.6 is 0 Å². The van der Waals surface area contributed by atoms with Gasteiger partial charge in [-0.05, 0) is 49.9 Å². The molecule has 2 aromatic heterocycles. The zero-order valence-corrected chi connectivity index (χ0v) is 19.0. The molecule has 1 saturated heterocycles. The summed E-state index contributed by atoms with van der Waals surface area (Å²) in [5, 5.41) is 1.48. The molecule has 3 aromatic rings. The van der Waals surface area contributed by atoms with Gasteiger partial charge in [-0.2, -0.15) is 0 Å². The molecule has 7 heteroatoms. The van der Waals surface area contributed by atoms with E-state index in [1.54, 1.807) is 28.9 Å². The summed E-state index contributed by atoms with van der Waals surface area (Å²) in [4.78, 5) is 30.5. The molecule has 0 bridgehead atoms. The first-order valence-electron chi connectivity index (χ1n) is 10.9. The summed E-state index contributed by atoms with van der Waals surface area (Å²) in [7, 11) is 1.75. The molecule has 0 aliphatic carbocycles.